The van der Waals surface area contributed by atoms with E-state index in [2.05, 4.69) is 5.32 Å². The first kappa shape index (κ1) is 22.9. The molecule has 5 heteroatoms. The maximum atomic E-state index is 13.3. The molecule has 0 spiro atoms. The summed E-state index contributed by atoms with van der Waals surface area (Å²) in [7, 11) is 0. The van der Waals surface area contributed by atoms with Crippen LogP contribution in [0.25, 0.3) is 0 Å². The zero-order valence-electron chi connectivity index (χ0n) is 18.5. The van der Waals surface area contributed by atoms with E-state index in [1.807, 2.05) is 74.5 Å². The molecule has 1 fully saturated rings. The second-order valence-electron chi connectivity index (χ2n) is 8.85. The van der Waals surface area contributed by atoms with Gasteiger partial charge in [0.05, 0.1) is 12.6 Å². The fourth-order valence-electron chi connectivity index (χ4n) is 3.60. The Kier molecular flexibility index (Phi) is 7.39. The summed E-state index contributed by atoms with van der Waals surface area (Å²) >= 11 is 0. The summed E-state index contributed by atoms with van der Waals surface area (Å²) in [6, 6.07) is 18.6. The third-order valence-corrected chi connectivity index (χ3v) is 5.80. The minimum Gasteiger partial charge on any atom is -0.361 e. The molecule has 2 aromatic rings. The van der Waals surface area contributed by atoms with E-state index in [1.54, 1.807) is 6.92 Å². The minimum atomic E-state index is -0.838. The second kappa shape index (κ2) is 10.0. The first-order valence-electron chi connectivity index (χ1n) is 10.9. The molecule has 1 aliphatic rings. The Morgan fingerprint density at radius 1 is 0.935 bits per heavy atom. The van der Waals surface area contributed by atoms with E-state index in [4.69, 9.17) is 4.74 Å². The van der Waals surface area contributed by atoms with Crippen LogP contribution < -0.4 is 5.32 Å². The largest absolute Gasteiger partial charge is 0.361 e. The lowest BCUT2D eigenvalue weighted by atomic mass is 9.89. The van der Waals surface area contributed by atoms with Crippen LogP contribution in [0, 0.1) is 11.8 Å². The Hall–Kier alpha value is -2.79. The summed E-state index contributed by atoms with van der Waals surface area (Å²) in [6.45, 7) is 5.80. The van der Waals surface area contributed by atoms with Gasteiger partial charge in [0, 0.05) is 18.3 Å². The molecule has 3 atom stereocenters. The van der Waals surface area contributed by atoms with Gasteiger partial charge in [-0.3, -0.25) is 14.4 Å². The summed E-state index contributed by atoms with van der Waals surface area (Å²) < 4.78 is 5.36. The smallest absolute Gasteiger partial charge is 0.224 e. The standard InChI is InChI=1S/C26H31NO4/c1-18(2)23(28)16-21(14-19-10-6-4-7-11-19)25(30)27-22(24(29)26(3)17-31-26)15-20-12-8-5-9-13-20/h4-13,18,21-22H,14-17H2,1-3H3,(H,27,30)/t21?,22?,26-/m1/s1. The molecule has 0 bridgehead atoms. The average Bonchev–Trinajstić information content (AvgIpc) is 3.52. The highest BCUT2D eigenvalue weighted by atomic mass is 16.6. The monoisotopic (exact) mass is 421 g/mol. The van der Waals surface area contributed by atoms with Gasteiger partial charge in [-0.05, 0) is 30.9 Å². The molecule has 0 radical (unpaired) electrons. The van der Waals surface area contributed by atoms with Gasteiger partial charge in [-0.1, -0.05) is 74.5 Å². The average molecular weight is 422 g/mol. The number of carbonyl (C=O) groups excluding carboxylic acids is 3. The molecule has 2 unspecified atom stereocenters. The Labute approximate surface area is 184 Å². The van der Waals surface area contributed by atoms with Gasteiger partial charge in [0.25, 0.3) is 0 Å². The van der Waals surface area contributed by atoms with Gasteiger partial charge >= 0.3 is 0 Å². The van der Waals surface area contributed by atoms with Crippen molar-refractivity contribution in [2.45, 2.75) is 51.7 Å². The lowest BCUT2D eigenvalue weighted by Gasteiger charge is -2.24. The molecule has 0 saturated carbocycles. The van der Waals surface area contributed by atoms with Crippen molar-refractivity contribution in [3.63, 3.8) is 0 Å². The Morgan fingerprint density at radius 3 is 1.94 bits per heavy atom. The summed E-state index contributed by atoms with van der Waals surface area (Å²) in [5, 5.41) is 2.96. The third kappa shape index (κ3) is 6.34. The number of hydrogen-bond acceptors (Lipinski definition) is 4. The third-order valence-electron chi connectivity index (χ3n) is 5.80. The number of rotatable bonds is 11. The zero-order valence-corrected chi connectivity index (χ0v) is 18.5. The molecule has 0 aliphatic carbocycles. The second-order valence-corrected chi connectivity index (χ2v) is 8.85. The molecule has 1 N–H and O–H groups in total. The van der Waals surface area contributed by atoms with Crippen molar-refractivity contribution in [1.82, 2.24) is 5.32 Å². The SMILES string of the molecule is CC(C)C(=O)CC(Cc1ccccc1)C(=O)NC(Cc1ccccc1)C(=O)[C@@]1(C)CO1. The fraction of sp³-hybridized carbons (Fsp3) is 0.423. The normalized spacial score (nSPS) is 19.5. The van der Waals surface area contributed by atoms with Crippen LogP contribution in [0.1, 0.15) is 38.3 Å². The highest BCUT2D eigenvalue weighted by Gasteiger charge is 2.50. The van der Waals surface area contributed by atoms with Crippen molar-refractivity contribution in [2.75, 3.05) is 6.61 Å². The van der Waals surface area contributed by atoms with Crippen molar-refractivity contribution < 1.29 is 19.1 Å². The van der Waals surface area contributed by atoms with Crippen molar-refractivity contribution >= 4 is 17.5 Å². The topological polar surface area (TPSA) is 75.8 Å². The van der Waals surface area contributed by atoms with Crippen molar-refractivity contribution in [1.29, 1.82) is 0 Å². The van der Waals surface area contributed by atoms with Crippen molar-refractivity contribution in [3.8, 4) is 0 Å². The Balaban J connectivity index is 1.79. The van der Waals surface area contributed by atoms with Gasteiger partial charge in [-0.25, -0.2) is 0 Å². The molecule has 164 valence electrons. The molecule has 1 heterocycles. The van der Waals surface area contributed by atoms with E-state index in [1.165, 1.54) is 0 Å². The highest BCUT2D eigenvalue weighted by Crippen LogP contribution is 2.29. The minimum absolute atomic E-state index is 0.0412. The van der Waals surface area contributed by atoms with E-state index in [0.29, 0.717) is 19.4 Å². The van der Waals surface area contributed by atoms with Gasteiger partial charge in [0.1, 0.15) is 11.4 Å². The number of epoxide rings is 1. The summed E-state index contributed by atoms with van der Waals surface area (Å²) in [5.74, 6) is -1.03. The van der Waals surface area contributed by atoms with E-state index >= 15 is 0 Å². The van der Waals surface area contributed by atoms with Crippen LogP contribution in [0.4, 0.5) is 0 Å². The predicted molar refractivity (Wildman–Crippen MR) is 120 cm³/mol. The number of carbonyl (C=O) groups is 3. The van der Waals surface area contributed by atoms with Gasteiger partial charge in [0.15, 0.2) is 5.78 Å². The van der Waals surface area contributed by atoms with E-state index in [9.17, 15) is 14.4 Å². The molecule has 1 saturated heterocycles. The number of ether oxygens (including phenoxy) is 1. The zero-order chi connectivity index (χ0) is 22.4. The highest BCUT2D eigenvalue weighted by molar-refractivity contribution is 5.97. The van der Waals surface area contributed by atoms with Crippen LogP contribution in [0.3, 0.4) is 0 Å². The summed E-state index contributed by atoms with van der Waals surface area (Å²) in [4.78, 5) is 38.8. The summed E-state index contributed by atoms with van der Waals surface area (Å²) in [6.07, 6.45) is 0.990. The van der Waals surface area contributed by atoms with E-state index in [0.717, 1.165) is 11.1 Å². The quantitative estimate of drug-likeness (QED) is 0.563. The van der Waals surface area contributed by atoms with Crippen LogP contribution in [0.2, 0.25) is 0 Å². The van der Waals surface area contributed by atoms with Gasteiger partial charge in [-0.2, -0.15) is 0 Å². The van der Waals surface area contributed by atoms with E-state index in [-0.39, 0.29) is 29.8 Å². The number of amides is 1. The molecule has 5 nitrogen and oxygen atoms in total. The molecule has 1 amide bonds. The number of Topliss-reactive ketones (excluding diaryl/α,β-unsaturated/α-hetero) is 2. The number of hydrogen-bond donors (Lipinski definition) is 1. The summed E-state index contributed by atoms with van der Waals surface area (Å²) in [5.41, 5.74) is 1.11. The lowest BCUT2D eigenvalue weighted by Crippen LogP contribution is -2.49. The van der Waals surface area contributed by atoms with Gasteiger partial charge in [0.2, 0.25) is 5.91 Å². The molecule has 1 aliphatic heterocycles. The molecule has 31 heavy (non-hydrogen) atoms. The maximum Gasteiger partial charge on any atom is 0.224 e. The molecule has 0 aromatic heterocycles. The van der Waals surface area contributed by atoms with Crippen LogP contribution in [0.15, 0.2) is 60.7 Å². The predicted octanol–water partition coefficient (Wildman–Crippen LogP) is 3.55. The van der Waals surface area contributed by atoms with Crippen LogP contribution >= 0.6 is 0 Å². The molecular formula is C26H31NO4. The fourth-order valence-corrected chi connectivity index (χ4v) is 3.60. The number of benzene rings is 2. The number of nitrogens with one attached hydrogen (secondary N) is 1. The first-order chi connectivity index (χ1) is 14.8. The molecular weight excluding hydrogens is 390 g/mol. The Bertz CT molecular complexity index is 904. The van der Waals surface area contributed by atoms with Crippen LogP contribution in [-0.2, 0) is 32.0 Å². The first-order valence-corrected chi connectivity index (χ1v) is 10.9. The van der Waals surface area contributed by atoms with Crippen molar-refractivity contribution in [2.24, 2.45) is 11.8 Å². The lowest BCUT2D eigenvalue weighted by molar-refractivity contribution is -0.134. The number of ketones is 2. The van der Waals surface area contributed by atoms with E-state index < -0.39 is 17.6 Å². The van der Waals surface area contributed by atoms with Gasteiger partial charge < -0.3 is 10.1 Å². The van der Waals surface area contributed by atoms with Crippen LogP contribution in [0.5, 0.6) is 0 Å². The molecule has 2 aromatic carbocycles. The Morgan fingerprint density at radius 2 is 1.45 bits per heavy atom. The van der Waals surface area contributed by atoms with Crippen molar-refractivity contribution in [3.05, 3.63) is 71.8 Å². The molecule has 3 rings (SSSR count). The maximum absolute atomic E-state index is 13.3. The van der Waals surface area contributed by atoms with Gasteiger partial charge in [-0.15, -0.1) is 0 Å². The van der Waals surface area contributed by atoms with Crippen LogP contribution in [-0.4, -0.2) is 35.7 Å².